The maximum Gasteiger partial charge on any atom is 0.101 e. The summed E-state index contributed by atoms with van der Waals surface area (Å²) in [4.78, 5) is 0. The molecule has 5 heteroatoms. The average molecular weight is 700 g/mol. The first-order valence-electron chi connectivity index (χ1n) is 18.3. The first kappa shape index (κ1) is 30.7. The highest BCUT2D eigenvalue weighted by atomic mass is 15.0. The van der Waals surface area contributed by atoms with Gasteiger partial charge in [0.2, 0.25) is 0 Å². The number of benzene rings is 8. The molecule has 0 aliphatic carbocycles. The van der Waals surface area contributed by atoms with Gasteiger partial charge >= 0.3 is 0 Å². The molecule has 0 N–H and O–H groups in total. The summed E-state index contributed by atoms with van der Waals surface area (Å²) >= 11 is 0. The number of nitrogens with zero attached hydrogens (tertiary/aromatic N) is 5. The van der Waals surface area contributed by atoms with E-state index >= 15 is 0 Å². The minimum atomic E-state index is 0.560. The Labute approximate surface area is 316 Å². The van der Waals surface area contributed by atoms with Crippen LogP contribution in [0.4, 0.5) is 0 Å². The van der Waals surface area contributed by atoms with Crippen molar-refractivity contribution in [2.24, 2.45) is 0 Å². The number of hydrogen-bond donors (Lipinski definition) is 0. The van der Waals surface area contributed by atoms with Crippen LogP contribution in [0.2, 0.25) is 0 Å². The van der Waals surface area contributed by atoms with E-state index in [2.05, 4.69) is 159 Å². The van der Waals surface area contributed by atoms with Gasteiger partial charge in [0.15, 0.2) is 0 Å². The molecule has 0 aliphatic heterocycles. The van der Waals surface area contributed by atoms with Crippen LogP contribution in [-0.4, -0.2) is 13.7 Å². The van der Waals surface area contributed by atoms with Crippen molar-refractivity contribution in [2.45, 2.75) is 0 Å². The predicted molar refractivity (Wildman–Crippen MR) is 224 cm³/mol. The minimum Gasteiger partial charge on any atom is -0.309 e. The second kappa shape index (κ2) is 11.8. The maximum absolute atomic E-state index is 10.4. The summed E-state index contributed by atoms with van der Waals surface area (Å²) in [5.74, 6) is 0. The Morgan fingerprint density at radius 2 is 0.891 bits per heavy atom. The van der Waals surface area contributed by atoms with E-state index < -0.39 is 0 Å². The number of fused-ring (bicyclic) bond motifs is 9. The van der Waals surface area contributed by atoms with Crippen molar-refractivity contribution in [3.05, 3.63) is 187 Å². The Morgan fingerprint density at radius 1 is 0.345 bits per heavy atom. The van der Waals surface area contributed by atoms with Gasteiger partial charge < -0.3 is 13.7 Å². The van der Waals surface area contributed by atoms with Crippen LogP contribution in [0, 0.1) is 22.7 Å². The Kier molecular flexibility index (Phi) is 6.61. The van der Waals surface area contributed by atoms with Crippen LogP contribution in [0.25, 0.3) is 93.6 Å². The van der Waals surface area contributed by atoms with Crippen LogP contribution in [0.5, 0.6) is 0 Å². The van der Waals surface area contributed by atoms with Gasteiger partial charge in [-0.25, -0.2) is 0 Å². The van der Waals surface area contributed by atoms with Crippen LogP contribution in [0.15, 0.2) is 176 Å². The molecule has 3 heterocycles. The molecule has 5 nitrogen and oxygen atoms in total. The largest absolute Gasteiger partial charge is 0.309 e. The molecule has 0 bridgehead atoms. The van der Waals surface area contributed by atoms with Crippen LogP contribution in [-0.2, 0) is 0 Å². The van der Waals surface area contributed by atoms with Gasteiger partial charge in [-0.05, 0) is 83.9 Å². The molecule has 0 saturated heterocycles. The molecular formula is C50H29N5. The highest BCUT2D eigenvalue weighted by molar-refractivity contribution is 6.16. The third-order valence-electron chi connectivity index (χ3n) is 11.1. The van der Waals surface area contributed by atoms with Crippen molar-refractivity contribution in [3.63, 3.8) is 0 Å². The lowest BCUT2D eigenvalue weighted by Gasteiger charge is -2.14. The van der Waals surface area contributed by atoms with Gasteiger partial charge in [0, 0.05) is 38.0 Å². The van der Waals surface area contributed by atoms with E-state index in [1.54, 1.807) is 0 Å². The first-order valence-corrected chi connectivity index (χ1v) is 18.3. The lowest BCUT2D eigenvalue weighted by atomic mass is 10.0. The van der Waals surface area contributed by atoms with E-state index in [1.165, 1.54) is 32.6 Å². The summed E-state index contributed by atoms with van der Waals surface area (Å²) in [6.07, 6.45) is 0. The highest BCUT2D eigenvalue weighted by Gasteiger charge is 2.20. The predicted octanol–water partition coefficient (Wildman–Crippen LogP) is 12.4. The SMILES string of the molecule is N#Cc1ccc2c3ccccc3n(-c3cc(-c4cccc(-n5c6ccccc6c6c(-n7c8ccccc8c8ccccc87)cccc65)c4)ccc3C#N)c2c1. The second-order valence-electron chi connectivity index (χ2n) is 14.0. The van der Waals surface area contributed by atoms with E-state index in [0.29, 0.717) is 11.1 Å². The summed E-state index contributed by atoms with van der Waals surface area (Å²) in [6, 6.07) is 66.0. The molecule has 0 aliphatic rings. The van der Waals surface area contributed by atoms with Crippen molar-refractivity contribution in [3.8, 4) is 40.3 Å². The van der Waals surface area contributed by atoms with Gasteiger partial charge in [-0.3, -0.25) is 0 Å². The van der Waals surface area contributed by atoms with Gasteiger partial charge in [0.05, 0.1) is 61.7 Å². The number of para-hydroxylation sites is 4. The first-order chi connectivity index (χ1) is 27.2. The Morgan fingerprint density at radius 3 is 1.55 bits per heavy atom. The second-order valence-corrected chi connectivity index (χ2v) is 14.0. The van der Waals surface area contributed by atoms with E-state index in [1.807, 2.05) is 42.5 Å². The fraction of sp³-hybridized carbons (Fsp3) is 0. The molecule has 254 valence electrons. The fourth-order valence-corrected chi connectivity index (χ4v) is 8.76. The lowest BCUT2D eigenvalue weighted by Crippen LogP contribution is -1.99. The molecule has 0 atom stereocenters. The molecule has 0 unspecified atom stereocenters. The molecule has 55 heavy (non-hydrogen) atoms. The molecule has 0 fully saturated rings. The van der Waals surface area contributed by atoms with Crippen molar-refractivity contribution in [1.82, 2.24) is 13.7 Å². The fourth-order valence-electron chi connectivity index (χ4n) is 8.76. The number of hydrogen-bond acceptors (Lipinski definition) is 2. The zero-order chi connectivity index (χ0) is 36.6. The summed E-state index contributed by atoms with van der Waals surface area (Å²) in [5.41, 5.74) is 12.6. The van der Waals surface area contributed by atoms with E-state index in [0.717, 1.165) is 61.0 Å². The van der Waals surface area contributed by atoms with Crippen molar-refractivity contribution >= 4 is 65.4 Å². The molecule has 3 aromatic heterocycles. The van der Waals surface area contributed by atoms with Gasteiger partial charge in [-0.2, -0.15) is 10.5 Å². The third-order valence-corrected chi connectivity index (χ3v) is 11.1. The molecule has 0 radical (unpaired) electrons. The Hall–Kier alpha value is -7.86. The van der Waals surface area contributed by atoms with Gasteiger partial charge in [0.1, 0.15) is 6.07 Å². The third kappa shape index (κ3) is 4.45. The summed E-state index contributed by atoms with van der Waals surface area (Å²) < 4.78 is 6.90. The standard InChI is InChI=1S/C50H29N5/c51-30-32-23-26-40-39-15-3-7-19-44(39)55(49(40)27-32)48-29-34(24-25-35(48)31-52)33-11-9-12-36(28-33)53-45-20-8-4-16-41(45)50-46(53)21-10-22-47(50)54-42-17-5-1-13-37(42)38-14-2-6-18-43(38)54/h1-29H. The quantitative estimate of drug-likeness (QED) is 0.184. The number of rotatable bonds is 4. The van der Waals surface area contributed by atoms with Crippen LogP contribution < -0.4 is 0 Å². The van der Waals surface area contributed by atoms with E-state index in [4.69, 9.17) is 0 Å². The Bertz CT molecular complexity index is 3420. The van der Waals surface area contributed by atoms with Gasteiger partial charge in [-0.15, -0.1) is 0 Å². The van der Waals surface area contributed by atoms with Gasteiger partial charge in [-0.1, -0.05) is 103 Å². The monoisotopic (exact) mass is 699 g/mol. The van der Waals surface area contributed by atoms with Crippen LogP contribution >= 0.6 is 0 Å². The zero-order valence-corrected chi connectivity index (χ0v) is 29.5. The average Bonchev–Trinajstić information content (AvgIpc) is 3.89. The Balaban J connectivity index is 1.13. The summed E-state index contributed by atoms with van der Waals surface area (Å²) in [7, 11) is 0. The lowest BCUT2D eigenvalue weighted by molar-refractivity contribution is 1.16. The zero-order valence-electron chi connectivity index (χ0n) is 29.5. The number of aromatic nitrogens is 3. The maximum atomic E-state index is 10.4. The number of nitriles is 2. The normalized spacial score (nSPS) is 11.6. The van der Waals surface area contributed by atoms with Crippen molar-refractivity contribution in [1.29, 1.82) is 10.5 Å². The molecule has 8 aromatic carbocycles. The summed E-state index contributed by atoms with van der Waals surface area (Å²) in [5, 5.41) is 27.1. The molecule has 11 aromatic rings. The van der Waals surface area contributed by atoms with E-state index in [9.17, 15) is 10.5 Å². The van der Waals surface area contributed by atoms with Crippen LogP contribution in [0.3, 0.4) is 0 Å². The van der Waals surface area contributed by atoms with E-state index in [-0.39, 0.29) is 0 Å². The van der Waals surface area contributed by atoms with Crippen LogP contribution in [0.1, 0.15) is 11.1 Å². The topological polar surface area (TPSA) is 62.4 Å². The molecule has 0 saturated carbocycles. The minimum absolute atomic E-state index is 0.560. The smallest absolute Gasteiger partial charge is 0.101 e. The van der Waals surface area contributed by atoms with Crippen molar-refractivity contribution in [2.75, 3.05) is 0 Å². The molecule has 0 amide bonds. The summed E-state index contributed by atoms with van der Waals surface area (Å²) in [6.45, 7) is 0. The highest BCUT2D eigenvalue weighted by Crippen LogP contribution is 2.41. The molecule has 0 spiro atoms. The molecular weight excluding hydrogens is 671 g/mol. The van der Waals surface area contributed by atoms with Crippen molar-refractivity contribution < 1.29 is 0 Å². The van der Waals surface area contributed by atoms with Gasteiger partial charge in [0.25, 0.3) is 0 Å². The molecule has 11 rings (SSSR count).